The van der Waals surface area contributed by atoms with Gasteiger partial charge in [0.05, 0.1) is 6.04 Å². The maximum absolute atomic E-state index is 11.6. The Morgan fingerprint density at radius 2 is 2.10 bits per heavy atom. The normalized spacial score (nSPS) is 12.6. The van der Waals surface area contributed by atoms with Crippen LogP contribution in [0, 0.1) is 0 Å². The third kappa shape index (κ3) is 3.96. The van der Waals surface area contributed by atoms with Crippen LogP contribution in [0.25, 0.3) is 0 Å². The van der Waals surface area contributed by atoms with Gasteiger partial charge in [-0.15, -0.1) is 0 Å². The van der Waals surface area contributed by atoms with Gasteiger partial charge in [-0.1, -0.05) is 0 Å². The summed E-state index contributed by atoms with van der Waals surface area (Å²) in [5.41, 5.74) is 4.88. The Balaban J connectivity index is 3.49. The van der Waals surface area contributed by atoms with E-state index in [9.17, 15) is 14.0 Å². The monoisotopic (exact) mass is 149 g/mol. The average molecular weight is 149 g/mol. The zero-order chi connectivity index (χ0) is 8.15. The highest BCUT2D eigenvalue weighted by molar-refractivity contribution is 5.75. The van der Waals surface area contributed by atoms with Crippen LogP contribution in [-0.4, -0.2) is 23.2 Å². The van der Waals surface area contributed by atoms with Crippen molar-refractivity contribution in [1.29, 1.82) is 0 Å². The number of carboxylic acids is 1. The number of carbonyl (C=O) groups excluding carboxylic acids is 1. The first-order valence-electron chi connectivity index (χ1n) is 2.70. The zero-order valence-corrected chi connectivity index (χ0v) is 5.21. The van der Waals surface area contributed by atoms with E-state index in [2.05, 4.69) is 0 Å². The number of hydrogen-bond donors (Lipinski definition) is 2. The SMILES string of the molecule is N[C@@H](CCC(=O)O)C(=O)F. The molecular weight excluding hydrogens is 141 g/mol. The van der Waals surface area contributed by atoms with Gasteiger partial charge in [0.1, 0.15) is 0 Å². The van der Waals surface area contributed by atoms with E-state index in [4.69, 9.17) is 10.8 Å². The van der Waals surface area contributed by atoms with E-state index in [1.54, 1.807) is 0 Å². The van der Waals surface area contributed by atoms with Gasteiger partial charge in [-0.3, -0.25) is 9.59 Å². The lowest BCUT2D eigenvalue weighted by Crippen LogP contribution is -2.27. The quantitative estimate of drug-likeness (QED) is 0.536. The molecule has 0 aromatic carbocycles. The molecule has 3 N–H and O–H groups in total. The molecule has 0 aliphatic carbocycles. The third-order valence-electron chi connectivity index (χ3n) is 0.961. The molecule has 0 aliphatic rings. The van der Waals surface area contributed by atoms with Crippen molar-refractivity contribution >= 4 is 12.0 Å². The molecule has 0 saturated carbocycles. The topological polar surface area (TPSA) is 80.4 Å². The van der Waals surface area contributed by atoms with Crippen molar-refractivity contribution < 1.29 is 19.1 Å². The van der Waals surface area contributed by atoms with E-state index >= 15 is 0 Å². The van der Waals surface area contributed by atoms with Gasteiger partial charge in [0.15, 0.2) is 0 Å². The van der Waals surface area contributed by atoms with Crippen molar-refractivity contribution in [2.45, 2.75) is 18.9 Å². The Kier molecular flexibility index (Phi) is 3.56. The fourth-order valence-corrected chi connectivity index (χ4v) is 0.392. The second-order valence-corrected chi connectivity index (χ2v) is 1.84. The fraction of sp³-hybridized carbons (Fsp3) is 0.600. The van der Waals surface area contributed by atoms with Crippen molar-refractivity contribution in [2.75, 3.05) is 0 Å². The molecule has 5 heteroatoms. The molecule has 0 bridgehead atoms. The summed E-state index contributed by atoms with van der Waals surface area (Å²) in [5, 5.41) is 8.05. The summed E-state index contributed by atoms with van der Waals surface area (Å²) in [7, 11) is 0. The summed E-state index contributed by atoms with van der Waals surface area (Å²) in [6, 6.07) is -2.95. The Bertz CT molecular complexity index is 148. The lowest BCUT2D eigenvalue weighted by atomic mass is 10.2. The van der Waals surface area contributed by atoms with E-state index in [0.717, 1.165) is 0 Å². The summed E-state index contributed by atoms with van der Waals surface area (Å²) in [6.07, 6.45) is -0.429. The summed E-state index contributed by atoms with van der Waals surface area (Å²) < 4.78 is 11.6. The van der Waals surface area contributed by atoms with Crippen LogP contribution in [0.15, 0.2) is 0 Å². The minimum atomic E-state index is -1.67. The number of hydrogen-bond acceptors (Lipinski definition) is 3. The number of nitrogens with two attached hydrogens (primary N) is 1. The van der Waals surface area contributed by atoms with Gasteiger partial charge in [-0.05, 0) is 6.42 Å². The lowest BCUT2D eigenvalue weighted by Gasteiger charge is -2.00. The Morgan fingerprint density at radius 3 is 2.40 bits per heavy atom. The lowest BCUT2D eigenvalue weighted by molar-refractivity contribution is -0.137. The predicted molar refractivity (Wildman–Crippen MR) is 31.0 cm³/mol. The Labute approximate surface area is 56.8 Å². The maximum Gasteiger partial charge on any atom is 0.318 e. The molecule has 0 aliphatic heterocycles. The van der Waals surface area contributed by atoms with Crippen molar-refractivity contribution in [2.24, 2.45) is 5.73 Å². The molecule has 1 atom stereocenters. The highest BCUT2D eigenvalue weighted by Crippen LogP contribution is 1.95. The van der Waals surface area contributed by atoms with Crippen molar-refractivity contribution in [3.8, 4) is 0 Å². The number of halogens is 1. The molecule has 0 unspecified atom stereocenters. The largest absolute Gasteiger partial charge is 0.481 e. The highest BCUT2D eigenvalue weighted by Gasteiger charge is 2.12. The van der Waals surface area contributed by atoms with E-state index in [0.29, 0.717) is 0 Å². The predicted octanol–water partition coefficient (Wildman–Crippen LogP) is -0.325. The van der Waals surface area contributed by atoms with Crippen LogP contribution < -0.4 is 5.73 Å². The number of carboxylic acid groups (broad SMARTS) is 1. The zero-order valence-electron chi connectivity index (χ0n) is 5.21. The van der Waals surface area contributed by atoms with Crippen LogP contribution in [0.4, 0.5) is 4.39 Å². The van der Waals surface area contributed by atoms with E-state index in [1.807, 2.05) is 0 Å². The number of rotatable bonds is 4. The highest BCUT2D eigenvalue weighted by atomic mass is 19.1. The molecule has 0 rings (SSSR count). The molecule has 0 radical (unpaired) electrons. The fourth-order valence-electron chi connectivity index (χ4n) is 0.392. The first kappa shape index (κ1) is 9.03. The maximum atomic E-state index is 11.6. The molecule has 0 aromatic rings. The van der Waals surface area contributed by atoms with E-state index < -0.39 is 18.0 Å². The van der Waals surface area contributed by atoms with Crippen LogP contribution in [0.3, 0.4) is 0 Å². The minimum Gasteiger partial charge on any atom is -0.481 e. The molecular formula is C5H8FNO3. The van der Waals surface area contributed by atoms with Gasteiger partial charge in [0.2, 0.25) is 0 Å². The molecule has 0 fully saturated rings. The smallest absolute Gasteiger partial charge is 0.318 e. The molecule has 0 spiro atoms. The molecule has 4 nitrogen and oxygen atoms in total. The van der Waals surface area contributed by atoms with Gasteiger partial charge >= 0.3 is 12.0 Å². The van der Waals surface area contributed by atoms with Crippen LogP contribution >= 0.6 is 0 Å². The summed E-state index contributed by atoms with van der Waals surface area (Å²) in [6.45, 7) is 0. The molecule has 0 saturated heterocycles. The minimum absolute atomic E-state index is 0.148. The average Bonchev–Trinajstić information content (AvgIpc) is 1.82. The van der Waals surface area contributed by atoms with Gasteiger partial charge < -0.3 is 10.8 Å². The summed E-state index contributed by atoms with van der Waals surface area (Å²) in [4.78, 5) is 19.6. The van der Waals surface area contributed by atoms with Crippen LogP contribution in [-0.2, 0) is 9.59 Å². The Morgan fingerprint density at radius 1 is 1.60 bits per heavy atom. The molecule has 0 amide bonds. The first-order chi connectivity index (χ1) is 4.54. The van der Waals surface area contributed by atoms with Crippen molar-refractivity contribution in [1.82, 2.24) is 0 Å². The second kappa shape index (κ2) is 3.94. The molecule has 58 valence electrons. The van der Waals surface area contributed by atoms with Crippen molar-refractivity contribution in [3.63, 3.8) is 0 Å². The first-order valence-corrected chi connectivity index (χ1v) is 2.70. The summed E-state index contributed by atoms with van der Waals surface area (Å²) in [5.74, 6) is -1.09. The molecule has 0 heterocycles. The molecule has 0 aromatic heterocycles. The number of aliphatic carboxylic acids is 1. The van der Waals surface area contributed by atoms with Crippen molar-refractivity contribution in [3.05, 3.63) is 0 Å². The van der Waals surface area contributed by atoms with Crippen LogP contribution in [0.2, 0.25) is 0 Å². The second-order valence-electron chi connectivity index (χ2n) is 1.84. The van der Waals surface area contributed by atoms with Gasteiger partial charge in [0.25, 0.3) is 0 Å². The van der Waals surface area contributed by atoms with Gasteiger partial charge in [-0.2, -0.15) is 4.39 Å². The van der Waals surface area contributed by atoms with E-state index in [-0.39, 0.29) is 12.8 Å². The van der Waals surface area contributed by atoms with Gasteiger partial charge in [0, 0.05) is 6.42 Å². The summed E-state index contributed by atoms with van der Waals surface area (Å²) >= 11 is 0. The molecule has 10 heavy (non-hydrogen) atoms. The number of carbonyl (C=O) groups is 2. The standard InChI is InChI=1S/C5H8FNO3/c6-5(10)3(7)1-2-4(8)9/h3H,1-2,7H2,(H,8,9)/t3-/m0/s1. The van der Waals surface area contributed by atoms with Crippen LogP contribution in [0.1, 0.15) is 12.8 Å². The Hall–Kier alpha value is -0.970. The van der Waals surface area contributed by atoms with Gasteiger partial charge in [-0.25, -0.2) is 0 Å². The van der Waals surface area contributed by atoms with Crippen LogP contribution in [0.5, 0.6) is 0 Å². The third-order valence-corrected chi connectivity index (χ3v) is 0.961. The van der Waals surface area contributed by atoms with E-state index in [1.165, 1.54) is 0 Å².